The summed E-state index contributed by atoms with van der Waals surface area (Å²) in [6, 6.07) is 9.53. The highest BCUT2D eigenvalue weighted by Crippen LogP contribution is 2.33. The van der Waals surface area contributed by atoms with E-state index in [1.165, 1.54) is 0 Å². The van der Waals surface area contributed by atoms with Gasteiger partial charge in [0.25, 0.3) is 5.91 Å². The minimum Gasteiger partial charge on any atom is -0.481 e. The van der Waals surface area contributed by atoms with Gasteiger partial charge in [0.15, 0.2) is 0 Å². The Morgan fingerprint density at radius 2 is 1.91 bits per heavy atom. The van der Waals surface area contributed by atoms with E-state index in [1.54, 1.807) is 29.7 Å². The fraction of sp³-hybridized carbons (Fsp3) is 0.353. The lowest BCUT2D eigenvalue weighted by atomic mass is 9.89. The Labute approximate surface area is 134 Å². The van der Waals surface area contributed by atoms with E-state index >= 15 is 0 Å². The van der Waals surface area contributed by atoms with Crippen LogP contribution in [0.25, 0.3) is 0 Å². The summed E-state index contributed by atoms with van der Waals surface area (Å²) in [6.07, 6.45) is 1.68. The van der Waals surface area contributed by atoms with Crippen LogP contribution in [0.2, 0.25) is 0 Å². The van der Waals surface area contributed by atoms with Gasteiger partial charge in [0.2, 0.25) is 0 Å². The maximum absolute atomic E-state index is 12.7. The van der Waals surface area contributed by atoms with Gasteiger partial charge in [-0.05, 0) is 12.5 Å². The van der Waals surface area contributed by atoms with E-state index in [-0.39, 0.29) is 18.4 Å². The number of carbonyl (C=O) groups is 2. The zero-order valence-electron chi connectivity index (χ0n) is 13.1. The maximum atomic E-state index is 12.7. The van der Waals surface area contributed by atoms with Gasteiger partial charge in [-0.3, -0.25) is 14.3 Å². The molecule has 23 heavy (non-hydrogen) atoms. The van der Waals surface area contributed by atoms with Crippen LogP contribution in [0, 0.1) is 12.8 Å². The molecule has 0 radical (unpaired) electrons. The zero-order valence-corrected chi connectivity index (χ0v) is 13.1. The highest BCUT2D eigenvalue weighted by molar-refractivity contribution is 5.95. The number of aromatic nitrogens is 2. The Morgan fingerprint density at radius 1 is 1.22 bits per heavy atom. The number of aliphatic carboxylic acids is 1. The molecule has 0 saturated carbocycles. The molecule has 1 saturated heterocycles. The highest BCUT2D eigenvalue weighted by atomic mass is 16.4. The quantitative estimate of drug-likeness (QED) is 0.935. The third-order valence-electron chi connectivity index (χ3n) is 4.40. The number of amides is 1. The number of rotatable bonds is 3. The van der Waals surface area contributed by atoms with Crippen molar-refractivity contribution in [2.45, 2.75) is 12.8 Å². The summed E-state index contributed by atoms with van der Waals surface area (Å²) in [7, 11) is 1.76. The fourth-order valence-electron chi connectivity index (χ4n) is 3.24. The Hall–Kier alpha value is -2.63. The summed E-state index contributed by atoms with van der Waals surface area (Å²) in [5, 5.41) is 13.7. The molecule has 0 aliphatic carbocycles. The van der Waals surface area contributed by atoms with Crippen LogP contribution in [-0.2, 0) is 11.8 Å². The molecule has 2 heterocycles. The molecule has 3 rings (SSSR count). The van der Waals surface area contributed by atoms with Crippen LogP contribution in [-0.4, -0.2) is 44.8 Å². The molecular formula is C17H19N3O3. The minimum atomic E-state index is -0.864. The van der Waals surface area contributed by atoms with Crippen LogP contribution < -0.4 is 0 Å². The molecule has 1 aliphatic rings. The van der Waals surface area contributed by atoms with E-state index in [0.717, 1.165) is 5.56 Å². The number of carboxylic acid groups (broad SMARTS) is 1. The van der Waals surface area contributed by atoms with E-state index in [4.69, 9.17) is 0 Å². The highest BCUT2D eigenvalue weighted by Gasteiger charge is 2.41. The lowest BCUT2D eigenvalue weighted by Crippen LogP contribution is -2.30. The molecule has 1 aliphatic heterocycles. The van der Waals surface area contributed by atoms with E-state index in [1.807, 2.05) is 30.3 Å². The van der Waals surface area contributed by atoms with Crippen molar-refractivity contribution in [3.8, 4) is 0 Å². The topological polar surface area (TPSA) is 75.4 Å². The number of carboxylic acids is 1. The number of hydrogen-bond acceptors (Lipinski definition) is 3. The second-order valence-corrected chi connectivity index (χ2v) is 5.97. The first-order valence-electron chi connectivity index (χ1n) is 7.54. The number of likely N-dealkylation sites (tertiary alicyclic amines) is 1. The number of nitrogens with zero attached hydrogens (tertiary/aromatic N) is 3. The smallest absolute Gasteiger partial charge is 0.308 e. The summed E-state index contributed by atoms with van der Waals surface area (Å²) >= 11 is 0. The first-order valence-corrected chi connectivity index (χ1v) is 7.54. The van der Waals surface area contributed by atoms with Gasteiger partial charge in [-0.25, -0.2) is 0 Å². The Kier molecular flexibility index (Phi) is 3.90. The second-order valence-electron chi connectivity index (χ2n) is 5.97. The van der Waals surface area contributed by atoms with E-state index in [0.29, 0.717) is 17.8 Å². The molecule has 1 aromatic heterocycles. The van der Waals surface area contributed by atoms with Crippen molar-refractivity contribution in [1.82, 2.24) is 14.7 Å². The van der Waals surface area contributed by atoms with Crippen molar-refractivity contribution < 1.29 is 14.7 Å². The molecule has 6 heteroatoms. The van der Waals surface area contributed by atoms with Crippen LogP contribution >= 0.6 is 0 Å². The van der Waals surface area contributed by atoms with Crippen LogP contribution in [0.1, 0.15) is 27.5 Å². The van der Waals surface area contributed by atoms with Crippen molar-refractivity contribution >= 4 is 11.9 Å². The summed E-state index contributed by atoms with van der Waals surface area (Å²) < 4.78 is 1.60. The molecule has 2 unspecified atom stereocenters. The van der Waals surface area contributed by atoms with E-state index in [9.17, 15) is 14.7 Å². The van der Waals surface area contributed by atoms with Gasteiger partial charge in [0.05, 0.1) is 17.2 Å². The molecule has 120 valence electrons. The van der Waals surface area contributed by atoms with Gasteiger partial charge in [-0.15, -0.1) is 0 Å². The molecule has 1 fully saturated rings. The van der Waals surface area contributed by atoms with Crippen molar-refractivity contribution in [3.05, 3.63) is 53.3 Å². The first kappa shape index (κ1) is 15.3. The summed E-state index contributed by atoms with van der Waals surface area (Å²) in [5.74, 6) is -1.79. The third-order valence-corrected chi connectivity index (χ3v) is 4.40. The van der Waals surface area contributed by atoms with Crippen molar-refractivity contribution in [2.75, 3.05) is 13.1 Å². The second kappa shape index (κ2) is 5.87. The van der Waals surface area contributed by atoms with E-state index < -0.39 is 11.9 Å². The average molecular weight is 313 g/mol. The van der Waals surface area contributed by atoms with Crippen LogP contribution in [0.5, 0.6) is 0 Å². The number of hydrogen-bond donors (Lipinski definition) is 1. The van der Waals surface area contributed by atoms with Gasteiger partial charge < -0.3 is 10.0 Å². The lowest BCUT2D eigenvalue weighted by Gasteiger charge is -2.16. The van der Waals surface area contributed by atoms with Gasteiger partial charge in [0.1, 0.15) is 0 Å². The zero-order chi connectivity index (χ0) is 16.6. The molecule has 2 atom stereocenters. The molecule has 1 aromatic carbocycles. The molecule has 0 bridgehead atoms. The van der Waals surface area contributed by atoms with Crippen molar-refractivity contribution in [2.24, 2.45) is 13.0 Å². The molecule has 1 amide bonds. The van der Waals surface area contributed by atoms with Gasteiger partial charge in [-0.2, -0.15) is 5.10 Å². The number of carbonyl (C=O) groups excluding carboxylic acids is 1. The minimum absolute atomic E-state index is 0.153. The van der Waals surface area contributed by atoms with Gasteiger partial charge in [0, 0.05) is 32.3 Å². The Balaban J connectivity index is 1.87. The molecule has 0 spiro atoms. The Bertz CT molecular complexity index is 739. The molecule has 1 N–H and O–H groups in total. The Morgan fingerprint density at radius 3 is 2.48 bits per heavy atom. The predicted octanol–water partition coefficient (Wildman–Crippen LogP) is 1.67. The molecule has 6 nitrogen and oxygen atoms in total. The maximum Gasteiger partial charge on any atom is 0.308 e. The lowest BCUT2D eigenvalue weighted by molar-refractivity contribution is -0.141. The number of benzene rings is 1. The average Bonchev–Trinajstić information content (AvgIpc) is 3.11. The van der Waals surface area contributed by atoms with Gasteiger partial charge >= 0.3 is 5.97 Å². The molecule has 2 aromatic rings. The van der Waals surface area contributed by atoms with Crippen LogP contribution in [0.15, 0.2) is 36.5 Å². The molecular weight excluding hydrogens is 294 g/mol. The van der Waals surface area contributed by atoms with Crippen molar-refractivity contribution in [1.29, 1.82) is 0 Å². The monoisotopic (exact) mass is 313 g/mol. The first-order chi connectivity index (χ1) is 11.0. The fourth-order valence-corrected chi connectivity index (χ4v) is 3.24. The van der Waals surface area contributed by atoms with Crippen LogP contribution in [0.4, 0.5) is 0 Å². The third kappa shape index (κ3) is 2.84. The SMILES string of the molecule is Cc1nn(C)cc1C(=O)N1CC(C(=O)O)C(c2ccccc2)C1. The standard InChI is InChI=1S/C17H19N3O3/c1-11-13(8-19(2)18-11)16(21)20-9-14(15(10-20)17(22)23)12-6-4-3-5-7-12/h3-8,14-15H,9-10H2,1-2H3,(H,22,23). The van der Waals surface area contributed by atoms with Crippen LogP contribution in [0.3, 0.4) is 0 Å². The summed E-state index contributed by atoms with van der Waals surface area (Å²) in [6.45, 7) is 2.42. The predicted molar refractivity (Wildman–Crippen MR) is 84.2 cm³/mol. The number of aryl methyl sites for hydroxylation is 2. The largest absolute Gasteiger partial charge is 0.481 e. The van der Waals surface area contributed by atoms with Crippen molar-refractivity contribution in [3.63, 3.8) is 0 Å². The van der Waals surface area contributed by atoms with E-state index in [2.05, 4.69) is 5.10 Å². The normalized spacial score (nSPS) is 20.7. The summed E-state index contributed by atoms with van der Waals surface area (Å²) in [5.41, 5.74) is 2.15. The summed E-state index contributed by atoms with van der Waals surface area (Å²) in [4.78, 5) is 25.9. The van der Waals surface area contributed by atoms with Gasteiger partial charge in [-0.1, -0.05) is 30.3 Å².